The van der Waals surface area contributed by atoms with Crippen LogP contribution in [-0.2, 0) is 6.42 Å². The molecule has 1 unspecified atom stereocenters. The van der Waals surface area contributed by atoms with Gasteiger partial charge in [-0.15, -0.1) is 24.0 Å². The number of halogens is 3. The summed E-state index contributed by atoms with van der Waals surface area (Å²) in [5.41, 5.74) is 1.62. The standard InChI is InChI=1S/C22H29F2N5.HI/c1-3-21(19-8-7-17(23)16-20(19)24)28-12-14-29(15-13-28)22(25-2)27-11-9-18-6-4-5-10-26-18;/h4-8,10,16,21H,3,9,11-15H2,1-2H3,(H,25,27);1H. The summed E-state index contributed by atoms with van der Waals surface area (Å²) in [6.45, 7) is 6.03. The zero-order valence-corrected chi connectivity index (χ0v) is 19.9. The fourth-order valence-electron chi connectivity index (χ4n) is 3.87. The van der Waals surface area contributed by atoms with E-state index in [9.17, 15) is 8.78 Å². The first kappa shape index (κ1) is 24.5. The van der Waals surface area contributed by atoms with E-state index in [0.717, 1.165) is 63.3 Å². The molecule has 0 amide bonds. The molecular formula is C22H30F2IN5. The molecule has 0 spiro atoms. The average molecular weight is 529 g/mol. The second-order valence-corrected chi connectivity index (χ2v) is 7.16. The summed E-state index contributed by atoms with van der Waals surface area (Å²) in [6, 6.07) is 9.76. The van der Waals surface area contributed by atoms with E-state index >= 15 is 0 Å². The highest BCUT2D eigenvalue weighted by molar-refractivity contribution is 14.0. The molecule has 1 aliphatic rings. The van der Waals surface area contributed by atoms with Crippen LogP contribution in [0.1, 0.15) is 30.6 Å². The van der Waals surface area contributed by atoms with Crippen LogP contribution in [0.5, 0.6) is 0 Å². The Bertz CT molecular complexity index is 810. The maximum absolute atomic E-state index is 14.3. The van der Waals surface area contributed by atoms with Gasteiger partial charge in [-0.1, -0.05) is 19.1 Å². The second kappa shape index (κ2) is 12.1. The van der Waals surface area contributed by atoms with Crippen LogP contribution in [-0.4, -0.2) is 60.5 Å². The van der Waals surface area contributed by atoms with Crippen molar-refractivity contribution < 1.29 is 8.78 Å². The summed E-state index contributed by atoms with van der Waals surface area (Å²) >= 11 is 0. The largest absolute Gasteiger partial charge is 0.356 e. The molecule has 5 nitrogen and oxygen atoms in total. The molecule has 164 valence electrons. The predicted molar refractivity (Wildman–Crippen MR) is 127 cm³/mol. The van der Waals surface area contributed by atoms with E-state index in [2.05, 4.69) is 25.1 Å². The predicted octanol–water partition coefficient (Wildman–Crippen LogP) is 3.86. The van der Waals surface area contributed by atoms with Crippen LogP contribution in [0.15, 0.2) is 47.6 Å². The molecule has 30 heavy (non-hydrogen) atoms. The number of aromatic nitrogens is 1. The van der Waals surface area contributed by atoms with Crippen LogP contribution in [0.4, 0.5) is 8.78 Å². The lowest BCUT2D eigenvalue weighted by atomic mass is 10.0. The molecule has 1 aliphatic heterocycles. The summed E-state index contributed by atoms with van der Waals surface area (Å²) in [5, 5.41) is 3.41. The summed E-state index contributed by atoms with van der Waals surface area (Å²) in [6.07, 6.45) is 3.42. The van der Waals surface area contributed by atoms with Gasteiger partial charge in [-0.3, -0.25) is 14.9 Å². The van der Waals surface area contributed by atoms with Crippen molar-refractivity contribution in [1.82, 2.24) is 20.1 Å². The Hall–Kier alpha value is -1.81. The lowest BCUT2D eigenvalue weighted by molar-refractivity contribution is 0.124. The number of guanidine groups is 1. The first-order valence-electron chi connectivity index (χ1n) is 10.2. The smallest absolute Gasteiger partial charge is 0.193 e. The van der Waals surface area contributed by atoms with Gasteiger partial charge < -0.3 is 10.2 Å². The Morgan fingerprint density at radius 3 is 2.53 bits per heavy atom. The molecule has 1 atom stereocenters. The highest BCUT2D eigenvalue weighted by atomic mass is 127. The van der Waals surface area contributed by atoms with Crippen molar-refractivity contribution in [1.29, 1.82) is 0 Å². The molecule has 0 aliphatic carbocycles. The molecule has 0 saturated carbocycles. The first-order valence-corrected chi connectivity index (χ1v) is 10.2. The maximum atomic E-state index is 14.3. The van der Waals surface area contributed by atoms with Gasteiger partial charge >= 0.3 is 0 Å². The highest BCUT2D eigenvalue weighted by Crippen LogP contribution is 2.28. The van der Waals surface area contributed by atoms with Crippen molar-refractivity contribution in [3.8, 4) is 0 Å². The number of hydrogen-bond acceptors (Lipinski definition) is 3. The Morgan fingerprint density at radius 2 is 1.93 bits per heavy atom. The molecule has 0 radical (unpaired) electrons. The van der Waals surface area contributed by atoms with Crippen LogP contribution in [0, 0.1) is 11.6 Å². The molecule has 1 aromatic heterocycles. The average Bonchev–Trinajstić information content (AvgIpc) is 2.74. The fourth-order valence-corrected chi connectivity index (χ4v) is 3.87. The monoisotopic (exact) mass is 529 g/mol. The van der Waals surface area contributed by atoms with E-state index in [4.69, 9.17) is 0 Å². The molecule has 1 fully saturated rings. The second-order valence-electron chi connectivity index (χ2n) is 7.16. The van der Waals surface area contributed by atoms with E-state index in [-0.39, 0.29) is 30.0 Å². The number of benzene rings is 1. The van der Waals surface area contributed by atoms with E-state index in [1.807, 2.05) is 25.1 Å². The van der Waals surface area contributed by atoms with Gasteiger partial charge in [-0.25, -0.2) is 8.78 Å². The molecular weight excluding hydrogens is 499 g/mol. The van der Waals surface area contributed by atoms with E-state index in [0.29, 0.717) is 5.56 Å². The van der Waals surface area contributed by atoms with Gasteiger partial charge in [0.05, 0.1) is 0 Å². The number of rotatable bonds is 6. The van der Waals surface area contributed by atoms with E-state index in [1.165, 1.54) is 6.07 Å². The minimum Gasteiger partial charge on any atom is -0.356 e. The van der Waals surface area contributed by atoms with Crippen LogP contribution < -0.4 is 5.32 Å². The van der Waals surface area contributed by atoms with Crippen LogP contribution in [0.25, 0.3) is 0 Å². The number of pyridine rings is 1. The van der Waals surface area contributed by atoms with Crippen molar-refractivity contribution >= 4 is 29.9 Å². The number of nitrogens with zero attached hydrogens (tertiary/aromatic N) is 4. The maximum Gasteiger partial charge on any atom is 0.193 e. The number of hydrogen-bond donors (Lipinski definition) is 1. The SMILES string of the molecule is CCC(c1ccc(F)cc1F)N1CCN(C(=NC)NCCc2ccccn2)CC1.I. The van der Waals surface area contributed by atoms with Gasteiger partial charge in [-0.2, -0.15) is 0 Å². The Kier molecular flexibility index (Phi) is 9.90. The molecule has 0 bridgehead atoms. The summed E-state index contributed by atoms with van der Waals surface area (Å²) in [4.78, 5) is 13.2. The zero-order valence-electron chi connectivity index (χ0n) is 17.5. The van der Waals surface area contributed by atoms with Gasteiger partial charge in [0.25, 0.3) is 0 Å². The van der Waals surface area contributed by atoms with E-state index < -0.39 is 11.6 Å². The van der Waals surface area contributed by atoms with Gasteiger partial charge in [-0.05, 0) is 24.6 Å². The molecule has 3 rings (SSSR count). The van der Waals surface area contributed by atoms with Crippen molar-refractivity contribution in [2.24, 2.45) is 4.99 Å². The number of piperazine rings is 1. The fraction of sp³-hybridized carbons (Fsp3) is 0.455. The normalized spacial score (nSPS) is 16.1. The molecule has 1 saturated heterocycles. The quantitative estimate of drug-likeness (QED) is 0.351. The Balaban J connectivity index is 0.00000320. The lowest BCUT2D eigenvalue weighted by Gasteiger charge is -2.40. The summed E-state index contributed by atoms with van der Waals surface area (Å²) in [7, 11) is 1.79. The molecule has 2 aromatic rings. The van der Waals surface area contributed by atoms with Gasteiger partial charge in [0.2, 0.25) is 0 Å². The van der Waals surface area contributed by atoms with Gasteiger partial charge in [0.15, 0.2) is 5.96 Å². The Labute approximate surface area is 194 Å². The molecule has 8 heteroatoms. The molecule has 2 heterocycles. The third kappa shape index (κ3) is 6.34. The highest BCUT2D eigenvalue weighted by Gasteiger charge is 2.27. The van der Waals surface area contributed by atoms with Gasteiger partial charge in [0.1, 0.15) is 11.6 Å². The van der Waals surface area contributed by atoms with Crippen LogP contribution >= 0.6 is 24.0 Å². The van der Waals surface area contributed by atoms with Crippen molar-refractivity contribution in [3.63, 3.8) is 0 Å². The molecule has 1 aromatic carbocycles. The minimum absolute atomic E-state index is 0. The molecule has 1 N–H and O–H groups in total. The van der Waals surface area contributed by atoms with Crippen molar-refractivity contribution in [2.45, 2.75) is 25.8 Å². The lowest BCUT2D eigenvalue weighted by Crippen LogP contribution is -2.53. The summed E-state index contributed by atoms with van der Waals surface area (Å²) in [5.74, 6) is -0.126. The van der Waals surface area contributed by atoms with E-state index in [1.54, 1.807) is 19.3 Å². The third-order valence-electron chi connectivity index (χ3n) is 5.36. The minimum atomic E-state index is -0.536. The van der Waals surface area contributed by atoms with Crippen LogP contribution in [0.2, 0.25) is 0 Å². The topological polar surface area (TPSA) is 43.8 Å². The third-order valence-corrected chi connectivity index (χ3v) is 5.36. The van der Waals surface area contributed by atoms with Crippen molar-refractivity contribution in [2.75, 3.05) is 39.8 Å². The van der Waals surface area contributed by atoms with Crippen LogP contribution in [0.3, 0.4) is 0 Å². The summed E-state index contributed by atoms with van der Waals surface area (Å²) < 4.78 is 27.5. The first-order chi connectivity index (χ1) is 14.1. The zero-order chi connectivity index (χ0) is 20.6. The van der Waals surface area contributed by atoms with Crippen molar-refractivity contribution in [3.05, 3.63) is 65.5 Å². The Morgan fingerprint density at radius 1 is 1.17 bits per heavy atom. The van der Waals surface area contributed by atoms with Gasteiger partial charge in [0, 0.05) is 75.8 Å². The number of nitrogens with one attached hydrogen (secondary N) is 1. The number of aliphatic imine (C=N–C) groups is 1.